The molecule has 0 spiro atoms. The Morgan fingerprint density at radius 2 is 2.38 bits per heavy atom. The fraction of sp³-hybridized carbons (Fsp3) is 0.667. The Labute approximate surface area is 79.4 Å². The van der Waals surface area contributed by atoms with E-state index in [1.807, 2.05) is 24.1 Å². The lowest BCUT2D eigenvalue weighted by Crippen LogP contribution is -2.22. The third-order valence-electron chi connectivity index (χ3n) is 2.09. The fourth-order valence-corrected chi connectivity index (χ4v) is 1.25. The van der Waals surface area contributed by atoms with Gasteiger partial charge in [0.2, 0.25) is 0 Å². The zero-order valence-corrected chi connectivity index (χ0v) is 8.40. The third kappa shape index (κ3) is 3.16. The topological polar surface area (TPSA) is 47.1 Å². The maximum atomic E-state index is 5.44. The molecule has 1 heterocycles. The van der Waals surface area contributed by atoms with Crippen LogP contribution in [-0.2, 0) is 13.6 Å². The molecule has 0 saturated heterocycles. The van der Waals surface area contributed by atoms with Crippen LogP contribution in [0.2, 0.25) is 0 Å². The van der Waals surface area contributed by atoms with Gasteiger partial charge in [-0.05, 0) is 26.6 Å². The van der Waals surface area contributed by atoms with Crippen LogP contribution < -0.4 is 5.73 Å². The van der Waals surface area contributed by atoms with E-state index in [0.29, 0.717) is 0 Å². The van der Waals surface area contributed by atoms with Crippen molar-refractivity contribution in [2.75, 3.05) is 20.1 Å². The molecule has 0 aromatic carbocycles. The summed E-state index contributed by atoms with van der Waals surface area (Å²) >= 11 is 0. The second kappa shape index (κ2) is 4.99. The molecule has 1 rings (SSSR count). The van der Waals surface area contributed by atoms with Gasteiger partial charge in [0.25, 0.3) is 0 Å². The molecule has 0 bridgehead atoms. The number of hydrogen-bond acceptors (Lipinski definition) is 3. The van der Waals surface area contributed by atoms with Crippen LogP contribution in [0.5, 0.6) is 0 Å². The van der Waals surface area contributed by atoms with E-state index in [1.165, 1.54) is 5.69 Å². The van der Waals surface area contributed by atoms with Crippen molar-refractivity contribution < 1.29 is 0 Å². The monoisotopic (exact) mass is 182 g/mol. The van der Waals surface area contributed by atoms with E-state index in [4.69, 9.17) is 5.73 Å². The Kier molecular flexibility index (Phi) is 3.92. The van der Waals surface area contributed by atoms with Crippen LogP contribution in [0.4, 0.5) is 0 Å². The van der Waals surface area contributed by atoms with Crippen LogP contribution in [0, 0.1) is 0 Å². The van der Waals surface area contributed by atoms with Crippen LogP contribution in [-0.4, -0.2) is 34.6 Å². The van der Waals surface area contributed by atoms with Crippen LogP contribution in [0.3, 0.4) is 0 Å². The van der Waals surface area contributed by atoms with Gasteiger partial charge in [0.1, 0.15) is 0 Å². The zero-order chi connectivity index (χ0) is 9.68. The minimum Gasteiger partial charge on any atom is -0.337 e. The lowest BCUT2D eigenvalue weighted by molar-refractivity contribution is 0.317. The molecule has 0 aliphatic carbocycles. The predicted octanol–water partition coefficient (Wildman–Crippen LogP) is 0.201. The van der Waals surface area contributed by atoms with Crippen LogP contribution in [0.25, 0.3) is 0 Å². The summed E-state index contributed by atoms with van der Waals surface area (Å²) in [4.78, 5) is 6.32. The Morgan fingerprint density at radius 1 is 1.62 bits per heavy atom. The highest BCUT2D eigenvalue weighted by Crippen LogP contribution is 2.00. The zero-order valence-electron chi connectivity index (χ0n) is 8.40. The molecule has 4 heteroatoms. The van der Waals surface area contributed by atoms with Crippen molar-refractivity contribution in [1.82, 2.24) is 14.5 Å². The van der Waals surface area contributed by atoms with Gasteiger partial charge in [-0.15, -0.1) is 0 Å². The molecule has 1 aromatic heterocycles. The van der Waals surface area contributed by atoms with Crippen molar-refractivity contribution in [2.45, 2.75) is 13.0 Å². The molecule has 0 saturated carbocycles. The molecular formula is C9H18N4. The summed E-state index contributed by atoms with van der Waals surface area (Å²) in [5.74, 6) is 0. The summed E-state index contributed by atoms with van der Waals surface area (Å²) in [5.41, 5.74) is 6.67. The standard InChI is InChI=1S/C9H18N4/c1-12(5-3-4-10)7-9-6-11-8-13(9)2/h6,8H,3-5,7,10H2,1-2H3. The highest BCUT2D eigenvalue weighted by molar-refractivity contribution is 4.96. The van der Waals surface area contributed by atoms with Crippen molar-refractivity contribution in [3.8, 4) is 0 Å². The van der Waals surface area contributed by atoms with Gasteiger partial charge < -0.3 is 15.2 Å². The molecule has 0 amide bonds. The first-order valence-corrected chi connectivity index (χ1v) is 4.58. The van der Waals surface area contributed by atoms with E-state index in [-0.39, 0.29) is 0 Å². The molecule has 0 unspecified atom stereocenters. The normalized spacial score (nSPS) is 11.1. The highest BCUT2D eigenvalue weighted by Gasteiger charge is 2.02. The first kappa shape index (κ1) is 10.2. The summed E-state index contributed by atoms with van der Waals surface area (Å²) in [5, 5.41) is 0. The van der Waals surface area contributed by atoms with Gasteiger partial charge in [-0.25, -0.2) is 4.98 Å². The fourth-order valence-electron chi connectivity index (χ4n) is 1.25. The number of rotatable bonds is 5. The molecule has 2 N–H and O–H groups in total. The van der Waals surface area contributed by atoms with E-state index < -0.39 is 0 Å². The largest absolute Gasteiger partial charge is 0.337 e. The van der Waals surface area contributed by atoms with Crippen molar-refractivity contribution in [2.24, 2.45) is 12.8 Å². The minimum absolute atomic E-state index is 0.760. The maximum absolute atomic E-state index is 5.44. The second-order valence-electron chi connectivity index (χ2n) is 3.38. The summed E-state index contributed by atoms with van der Waals surface area (Å²) in [6.07, 6.45) is 4.78. The third-order valence-corrected chi connectivity index (χ3v) is 2.09. The highest BCUT2D eigenvalue weighted by atomic mass is 15.1. The summed E-state index contributed by atoms with van der Waals surface area (Å²) in [6.45, 7) is 2.74. The maximum Gasteiger partial charge on any atom is 0.0945 e. The molecule has 0 atom stereocenters. The SMILES string of the molecule is CN(CCCN)Cc1cncn1C. The van der Waals surface area contributed by atoms with E-state index >= 15 is 0 Å². The van der Waals surface area contributed by atoms with Crippen molar-refractivity contribution >= 4 is 0 Å². The first-order valence-electron chi connectivity index (χ1n) is 4.58. The van der Waals surface area contributed by atoms with E-state index in [0.717, 1.165) is 26.1 Å². The number of imidazole rings is 1. The Hall–Kier alpha value is -0.870. The number of hydrogen-bond donors (Lipinski definition) is 1. The molecule has 0 aliphatic heterocycles. The van der Waals surface area contributed by atoms with Crippen LogP contribution in [0.1, 0.15) is 12.1 Å². The molecule has 13 heavy (non-hydrogen) atoms. The van der Waals surface area contributed by atoms with Gasteiger partial charge >= 0.3 is 0 Å². The Morgan fingerprint density at radius 3 is 2.92 bits per heavy atom. The Balaban J connectivity index is 2.36. The van der Waals surface area contributed by atoms with Crippen LogP contribution >= 0.6 is 0 Å². The van der Waals surface area contributed by atoms with E-state index in [9.17, 15) is 0 Å². The van der Waals surface area contributed by atoms with Crippen molar-refractivity contribution in [3.05, 3.63) is 18.2 Å². The van der Waals surface area contributed by atoms with Crippen molar-refractivity contribution in [1.29, 1.82) is 0 Å². The first-order chi connectivity index (χ1) is 6.24. The number of aromatic nitrogens is 2. The smallest absolute Gasteiger partial charge is 0.0945 e. The molecule has 0 fully saturated rings. The van der Waals surface area contributed by atoms with Gasteiger partial charge in [-0.2, -0.15) is 0 Å². The molecular weight excluding hydrogens is 164 g/mol. The molecule has 74 valence electrons. The molecule has 0 radical (unpaired) electrons. The van der Waals surface area contributed by atoms with E-state index in [2.05, 4.69) is 16.9 Å². The van der Waals surface area contributed by atoms with Gasteiger partial charge in [-0.3, -0.25) is 0 Å². The second-order valence-corrected chi connectivity index (χ2v) is 3.38. The van der Waals surface area contributed by atoms with Gasteiger partial charge in [0.15, 0.2) is 0 Å². The number of nitrogens with two attached hydrogens (primary N) is 1. The van der Waals surface area contributed by atoms with Gasteiger partial charge in [-0.1, -0.05) is 0 Å². The lowest BCUT2D eigenvalue weighted by Gasteiger charge is -2.15. The predicted molar refractivity (Wildman–Crippen MR) is 53.2 cm³/mol. The number of nitrogens with zero attached hydrogens (tertiary/aromatic N) is 3. The van der Waals surface area contributed by atoms with Gasteiger partial charge in [0.05, 0.1) is 12.0 Å². The summed E-state index contributed by atoms with van der Waals surface area (Å²) in [6, 6.07) is 0. The van der Waals surface area contributed by atoms with Crippen LogP contribution in [0.15, 0.2) is 12.5 Å². The average molecular weight is 182 g/mol. The lowest BCUT2D eigenvalue weighted by atomic mass is 10.3. The molecule has 1 aromatic rings. The van der Waals surface area contributed by atoms with E-state index in [1.54, 1.807) is 0 Å². The summed E-state index contributed by atoms with van der Waals surface area (Å²) in [7, 11) is 4.11. The quantitative estimate of drug-likeness (QED) is 0.707. The number of aryl methyl sites for hydroxylation is 1. The molecule has 0 aliphatic rings. The Bertz CT molecular complexity index is 244. The van der Waals surface area contributed by atoms with Crippen molar-refractivity contribution in [3.63, 3.8) is 0 Å². The summed E-state index contributed by atoms with van der Waals surface area (Å²) < 4.78 is 2.04. The average Bonchev–Trinajstić information content (AvgIpc) is 2.48. The minimum atomic E-state index is 0.760. The molecule has 4 nitrogen and oxygen atoms in total. The van der Waals surface area contributed by atoms with Gasteiger partial charge in [0, 0.05) is 19.8 Å².